The number of carbonyl (C=O) groups excluding carboxylic acids is 1. The largest absolute Gasteiger partial charge is 0.272 e. The van der Waals surface area contributed by atoms with Gasteiger partial charge in [-0.05, 0) is 47.2 Å². The minimum absolute atomic E-state index is 0.200. The molecule has 0 saturated carbocycles. The van der Waals surface area contributed by atoms with Crippen LogP contribution in [0.5, 0.6) is 0 Å². The van der Waals surface area contributed by atoms with Gasteiger partial charge >= 0.3 is 0 Å². The first-order valence-corrected chi connectivity index (χ1v) is 6.89. The zero-order valence-corrected chi connectivity index (χ0v) is 12.6. The number of rotatable bonds is 3. The van der Waals surface area contributed by atoms with E-state index in [0.717, 1.165) is 14.7 Å². The summed E-state index contributed by atoms with van der Waals surface area (Å²) in [6.45, 7) is 2.02. The number of amides is 1. The van der Waals surface area contributed by atoms with Gasteiger partial charge in [0.25, 0.3) is 5.91 Å². The van der Waals surface area contributed by atoms with E-state index in [1.54, 1.807) is 12.3 Å². The van der Waals surface area contributed by atoms with Gasteiger partial charge in [0.2, 0.25) is 0 Å². The van der Waals surface area contributed by atoms with E-state index in [1.807, 2.05) is 49.4 Å². The molecule has 0 unspecified atom stereocenters. The predicted octanol–water partition coefficient (Wildman–Crippen LogP) is 3.36. The summed E-state index contributed by atoms with van der Waals surface area (Å²) in [7, 11) is 0. The summed E-state index contributed by atoms with van der Waals surface area (Å²) < 4.78 is 0.906. The highest BCUT2D eigenvalue weighted by atomic mass is 127. The van der Waals surface area contributed by atoms with Gasteiger partial charge in [0.05, 0.1) is 11.8 Å². The van der Waals surface area contributed by atoms with Crippen molar-refractivity contribution in [1.82, 2.24) is 5.43 Å². The van der Waals surface area contributed by atoms with Gasteiger partial charge in [0.15, 0.2) is 0 Å². The molecule has 0 fully saturated rings. The number of aryl methyl sites for hydroxylation is 1. The fourth-order valence-corrected chi connectivity index (χ4v) is 2.25. The second-order valence-corrected chi connectivity index (χ2v) is 5.26. The van der Waals surface area contributed by atoms with Crippen LogP contribution in [0.2, 0.25) is 0 Å². The van der Waals surface area contributed by atoms with Crippen LogP contribution in [-0.2, 0) is 0 Å². The Morgan fingerprint density at radius 1 is 1.21 bits per heavy atom. The molecule has 4 heteroatoms. The molecular weight excluding hydrogens is 351 g/mol. The Hall–Kier alpha value is -1.69. The van der Waals surface area contributed by atoms with Crippen molar-refractivity contribution in [2.75, 3.05) is 0 Å². The summed E-state index contributed by atoms with van der Waals surface area (Å²) in [5.41, 5.74) is 5.28. The molecule has 0 radical (unpaired) electrons. The Bertz CT molecular complexity index is 623. The summed E-state index contributed by atoms with van der Waals surface area (Å²) in [6.07, 6.45) is 1.64. The van der Waals surface area contributed by atoms with Gasteiger partial charge in [-0.25, -0.2) is 5.43 Å². The Morgan fingerprint density at radius 3 is 2.74 bits per heavy atom. The molecule has 0 aliphatic carbocycles. The normalized spacial score (nSPS) is 10.6. The summed E-state index contributed by atoms with van der Waals surface area (Å²) in [5, 5.41) is 3.97. The average molecular weight is 364 g/mol. The molecule has 2 rings (SSSR count). The maximum absolute atomic E-state index is 11.9. The highest BCUT2D eigenvalue weighted by Gasteiger charge is 2.07. The summed E-state index contributed by atoms with van der Waals surface area (Å²) in [6, 6.07) is 15.3. The van der Waals surface area contributed by atoms with Crippen LogP contribution in [0.4, 0.5) is 0 Å². The first kappa shape index (κ1) is 13.7. The molecule has 0 aromatic heterocycles. The van der Waals surface area contributed by atoms with Crippen LogP contribution in [0, 0.1) is 10.5 Å². The SMILES string of the molecule is Cc1cccc(C=NNC(=O)c2ccccc2I)c1. The fourth-order valence-electron chi connectivity index (χ4n) is 1.62. The molecule has 0 heterocycles. The highest BCUT2D eigenvalue weighted by Crippen LogP contribution is 2.10. The van der Waals surface area contributed by atoms with Crippen LogP contribution in [0.15, 0.2) is 53.6 Å². The third kappa shape index (κ3) is 3.89. The molecule has 2 aromatic rings. The van der Waals surface area contributed by atoms with Gasteiger partial charge in [-0.1, -0.05) is 42.0 Å². The zero-order valence-electron chi connectivity index (χ0n) is 10.4. The van der Waals surface area contributed by atoms with Crippen LogP contribution < -0.4 is 5.43 Å². The van der Waals surface area contributed by atoms with Crippen molar-refractivity contribution in [2.24, 2.45) is 5.10 Å². The van der Waals surface area contributed by atoms with E-state index in [9.17, 15) is 4.79 Å². The van der Waals surface area contributed by atoms with Gasteiger partial charge < -0.3 is 0 Å². The van der Waals surface area contributed by atoms with Gasteiger partial charge in [0, 0.05) is 3.57 Å². The maximum Gasteiger partial charge on any atom is 0.272 e. The second kappa shape index (κ2) is 6.47. The molecule has 0 aliphatic rings. The smallest absolute Gasteiger partial charge is 0.267 e. The predicted molar refractivity (Wildman–Crippen MR) is 85.4 cm³/mol. The number of carbonyl (C=O) groups is 1. The molecule has 0 atom stereocenters. The lowest BCUT2D eigenvalue weighted by Gasteiger charge is -2.02. The van der Waals surface area contributed by atoms with E-state index in [1.165, 1.54) is 0 Å². The summed E-state index contributed by atoms with van der Waals surface area (Å²) in [5.74, 6) is -0.200. The third-order valence-corrected chi connectivity index (χ3v) is 3.48. The highest BCUT2D eigenvalue weighted by molar-refractivity contribution is 14.1. The first-order chi connectivity index (χ1) is 9.16. The van der Waals surface area contributed by atoms with Gasteiger partial charge in [-0.15, -0.1) is 0 Å². The number of hydrazone groups is 1. The molecule has 19 heavy (non-hydrogen) atoms. The van der Waals surface area contributed by atoms with E-state index >= 15 is 0 Å². The molecular formula is C15H13IN2O. The van der Waals surface area contributed by atoms with E-state index in [-0.39, 0.29) is 5.91 Å². The first-order valence-electron chi connectivity index (χ1n) is 5.81. The van der Waals surface area contributed by atoms with E-state index in [0.29, 0.717) is 5.56 Å². The van der Waals surface area contributed by atoms with E-state index in [2.05, 4.69) is 33.1 Å². The number of benzene rings is 2. The average Bonchev–Trinajstić information content (AvgIpc) is 2.39. The fraction of sp³-hybridized carbons (Fsp3) is 0.0667. The molecule has 3 nitrogen and oxygen atoms in total. The Balaban J connectivity index is 2.03. The molecule has 0 aliphatic heterocycles. The molecule has 2 aromatic carbocycles. The minimum atomic E-state index is -0.200. The Morgan fingerprint density at radius 2 is 2.00 bits per heavy atom. The van der Waals surface area contributed by atoms with Crippen LogP contribution >= 0.6 is 22.6 Å². The van der Waals surface area contributed by atoms with E-state index in [4.69, 9.17) is 0 Å². The molecule has 0 saturated heterocycles. The van der Waals surface area contributed by atoms with Crippen molar-refractivity contribution in [2.45, 2.75) is 6.92 Å². The second-order valence-electron chi connectivity index (χ2n) is 4.09. The maximum atomic E-state index is 11.9. The molecule has 0 spiro atoms. The number of hydrogen-bond donors (Lipinski definition) is 1. The number of nitrogens with one attached hydrogen (secondary N) is 1. The lowest BCUT2D eigenvalue weighted by Crippen LogP contribution is -2.18. The van der Waals surface area contributed by atoms with Gasteiger partial charge in [0.1, 0.15) is 0 Å². The Kier molecular flexibility index (Phi) is 4.68. The number of nitrogens with zero attached hydrogens (tertiary/aromatic N) is 1. The van der Waals surface area contributed by atoms with Crippen molar-refractivity contribution in [3.63, 3.8) is 0 Å². The standard InChI is InChI=1S/C15H13IN2O/c1-11-5-4-6-12(9-11)10-17-18-15(19)13-7-2-3-8-14(13)16/h2-10H,1H3,(H,18,19). The third-order valence-electron chi connectivity index (χ3n) is 2.54. The minimum Gasteiger partial charge on any atom is -0.267 e. The molecule has 1 N–H and O–H groups in total. The lowest BCUT2D eigenvalue weighted by molar-refractivity contribution is 0.0954. The van der Waals surface area contributed by atoms with Crippen LogP contribution in [-0.4, -0.2) is 12.1 Å². The van der Waals surface area contributed by atoms with Crippen molar-refractivity contribution >= 4 is 34.7 Å². The quantitative estimate of drug-likeness (QED) is 0.507. The van der Waals surface area contributed by atoms with Gasteiger partial charge in [-0.2, -0.15) is 5.10 Å². The topological polar surface area (TPSA) is 41.5 Å². The van der Waals surface area contributed by atoms with Gasteiger partial charge in [-0.3, -0.25) is 4.79 Å². The van der Waals surface area contributed by atoms with E-state index < -0.39 is 0 Å². The van der Waals surface area contributed by atoms with Crippen molar-refractivity contribution in [3.8, 4) is 0 Å². The van der Waals surface area contributed by atoms with Crippen LogP contribution in [0.25, 0.3) is 0 Å². The van der Waals surface area contributed by atoms with Crippen LogP contribution in [0.3, 0.4) is 0 Å². The Labute approximate surface area is 125 Å². The number of hydrogen-bond acceptors (Lipinski definition) is 2. The zero-order chi connectivity index (χ0) is 13.7. The van der Waals surface area contributed by atoms with Crippen LogP contribution in [0.1, 0.15) is 21.5 Å². The number of halogens is 1. The monoisotopic (exact) mass is 364 g/mol. The molecule has 1 amide bonds. The van der Waals surface area contributed by atoms with Crippen molar-refractivity contribution in [1.29, 1.82) is 0 Å². The van der Waals surface area contributed by atoms with Crippen molar-refractivity contribution in [3.05, 3.63) is 68.8 Å². The molecule has 0 bridgehead atoms. The summed E-state index contributed by atoms with van der Waals surface area (Å²) >= 11 is 2.13. The lowest BCUT2D eigenvalue weighted by atomic mass is 10.2. The summed E-state index contributed by atoms with van der Waals surface area (Å²) in [4.78, 5) is 11.9. The molecule has 96 valence electrons. The van der Waals surface area contributed by atoms with Crippen molar-refractivity contribution < 1.29 is 4.79 Å².